The maximum atomic E-state index is 11.2. The van der Waals surface area contributed by atoms with Crippen molar-refractivity contribution in [1.29, 1.82) is 0 Å². The third kappa shape index (κ3) is 12.8. The van der Waals surface area contributed by atoms with Crippen molar-refractivity contribution in [2.45, 2.75) is 53.5 Å². The van der Waals surface area contributed by atoms with E-state index in [1.54, 1.807) is 7.05 Å². The van der Waals surface area contributed by atoms with E-state index in [-0.39, 0.29) is 26.4 Å². The first-order chi connectivity index (χ1) is 7.97. The largest absolute Gasteiger partial charge is 0.480 e. The number of carboxylic acid groups (broad SMARTS) is 1. The minimum Gasteiger partial charge on any atom is -0.480 e. The summed E-state index contributed by atoms with van der Waals surface area (Å²) in [5.74, 6) is -1.13. The first-order valence-electron chi connectivity index (χ1n) is 5.59. The summed E-state index contributed by atoms with van der Waals surface area (Å²) < 4.78 is 0. The van der Waals surface area contributed by atoms with Crippen LogP contribution < -0.4 is 5.32 Å². The molecule has 0 aromatic carbocycles. The highest BCUT2D eigenvalue weighted by molar-refractivity contribution is 5.97. The van der Waals surface area contributed by atoms with E-state index in [2.05, 4.69) is 5.32 Å². The Balaban J connectivity index is -0.00000128. The molecule has 19 heavy (non-hydrogen) atoms. The van der Waals surface area contributed by atoms with Gasteiger partial charge in [0.25, 0.3) is 0 Å². The van der Waals surface area contributed by atoms with Crippen molar-refractivity contribution in [3.8, 4) is 0 Å². The summed E-state index contributed by atoms with van der Waals surface area (Å²) in [6.45, 7) is 1.38. The maximum absolute atomic E-state index is 11.2. The molecule has 0 aliphatic carbocycles. The minimum atomic E-state index is -0.879. The lowest BCUT2D eigenvalue weighted by molar-refractivity contribution is -0.139. The molecule has 0 heterocycles. The van der Waals surface area contributed by atoms with Gasteiger partial charge in [-0.3, -0.25) is 14.4 Å². The first-order valence-corrected chi connectivity index (χ1v) is 5.59. The SMILES string of the molecule is C.C.CN[C@H](CCCCC(=O)/C=C/C(C)=O)C(=O)O. The summed E-state index contributed by atoms with van der Waals surface area (Å²) in [6, 6.07) is -0.558. The number of hydrogen-bond donors (Lipinski definition) is 2. The molecule has 0 unspecified atom stereocenters. The van der Waals surface area contributed by atoms with E-state index in [9.17, 15) is 14.4 Å². The first kappa shape index (κ1) is 22.7. The van der Waals surface area contributed by atoms with Crippen LogP contribution in [0.25, 0.3) is 0 Å². The van der Waals surface area contributed by atoms with Crippen LogP contribution in [0.2, 0.25) is 0 Å². The third-order valence-electron chi connectivity index (χ3n) is 2.32. The summed E-state index contributed by atoms with van der Waals surface area (Å²) >= 11 is 0. The molecule has 0 bridgehead atoms. The number of carbonyl (C=O) groups is 3. The molecule has 0 aliphatic heterocycles. The van der Waals surface area contributed by atoms with E-state index in [1.807, 2.05) is 0 Å². The van der Waals surface area contributed by atoms with Crippen LogP contribution in [0.5, 0.6) is 0 Å². The van der Waals surface area contributed by atoms with Gasteiger partial charge in [-0.2, -0.15) is 0 Å². The Hall–Kier alpha value is -1.49. The highest BCUT2D eigenvalue weighted by atomic mass is 16.4. The second-order valence-electron chi connectivity index (χ2n) is 3.84. The lowest BCUT2D eigenvalue weighted by Gasteiger charge is -2.09. The monoisotopic (exact) mass is 273 g/mol. The number of carbonyl (C=O) groups excluding carboxylic acids is 2. The van der Waals surface area contributed by atoms with Crippen molar-refractivity contribution >= 4 is 17.5 Å². The van der Waals surface area contributed by atoms with Crippen molar-refractivity contribution in [2.75, 3.05) is 7.05 Å². The smallest absolute Gasteiger partial charge is 0.320 e. The number of nitrogens with one attached hydrogen (secondary N) is 1. The highest BCUT2D eigenvalue weighted by Crippen LogP contribution is 2.05. The van der Waals surface area contributed by atoms with Gasteiger partial charge in [-0.15, -0.1) is 0 Å². The zero-order valence-corrected chi connectivity index (χ0v) is 10.2. The molecule has 0 saturated heterocycles. The molecule has 0 aromatic heterocycles. The molecule has 0 saturated carbocycles. The number of likely N-dealkylation sites (N-methyl/N-ethyl adjacent to an activating group) is 1. The molecule has 5 nitrogen and oxygen atoms in total. The topological polar surface area (TPSA) is 83.5 Å². The summed E-state index contributed by atoms with van der Waals surface area (Å²) in [5, 5.41) is 11.4. The van der Waals surface area contributed by atoms with Crippen molar-refractivity contribution in [3.05, 3.63) is 12.2 Å². The molecule has 0 spiro atoms. The van der Waals surface area contributed by atoms with Crippen LogP contribution in [0.1, 0.15) is 47.5 Å². The van der Waals surface area contributed by atoms with Crippen LogP contribution >= 0.6 is 0 Å². The van der Waals surface area contributed by atoms with Gasteiger partial charge in [-0.1, -0.05) is 21.3 Å². The van der Waals surface area contributed by atoms with Crippen LogP contribution in [-0.4, -0.2) is 35.7 Å². The van der Waals surface area contributed by atoms with Crippen LogP contribution in [0, 0.1) is 0 Å². The summed E-state index contributed by atoms with van der Waals surface area (Å²) in [5.41, 5.74) is 0. The third-order valence-corrected chi connectivity index (χ3v) is 2.32. The van der Waals surface area contributed by atoms with Gasteiger partial charge in [0.05, 0.1) is 0 Å². The number of unbranched alkanes of at least 4 members (excludes halogenated alkanes) is 1. The van der Waals surface area contributed by atoms with Gasteiger partial charge >= 0.3 is 5.97 Å². The predicted octanol–water partition coefficient (Wildman–Crippen LogP) is 2.21. The van der Waals surface area contributed by atoms with Gasteiger partial charge in [-0.05, 0) is 39.0 Å². The van der Waals surface area contributed by atoms with Gasteiger partial charge in [0.1, 0.15) is 6.04 Å². The fourth-order valence-corrected chi connectivity index (χ4v) is 1.33. The highest BCUT2D eigenvalue weighted by Gasteiger charge is 2.13. The standard InChI is InChI=1S/C12H19NO4.2CH4/c1-9(14)7-8-10(15)5-3-4-6-11(13-2)12(16)17;;/h7-8,11,13H,3-6H2,1-2H3,(H,16,17);2*1H4/b8-7+;;/t11-;;/m1../s1. The molecule has 5 heteroatoms. The number of aliphatic carboxylic acids is 1. The molecule has 0 radical (unpaired) electrons. The van der Waals surface area contributed by atoms with Crippen molar-refractivity contribution in [3.63, 3.8) is 0 Å². The summed E-state index contributed by atoms with van der Waals surface area (Å²) in [6.07, 6.45) is 4.66. The molecule has 0 amide bonds. The Morgan fingerprint density at radius 1 is 1.16 bits per heavy atom. The molecule has 112 valence electrons. The van der Waals surface area contributed by atoms with Gasteiger partial charge in [0, 0.05) is 6.42 Å². The van der Waals surface area contributed by atoms with Crippen LogP contribution in [-0.2, 0) is 14.4 Å². The molecule has 0 rings (SSSR count). The fourth-order valence-electron chi connectivity index (χ4n) is 1.33. The van der Waals surface area contributed by atoms with Crippen LogP contribution in [0.3, 0.4) is 0 Å². The molecule has 0 aliphatic rings. The number of rotatable bonds is 9. The lowest BCUT2D eigenvalue weighted by atomic mass is 10.1. The number of carboxylic acids is 1. The number of hydrogen-bond acceptors (Lipinski definition) is 4. The van der Waals surface area contributed by atoms with Crippen LogP contribution in [0.4, 0.5) is 0 Å². The van der Waals surface area contributed by atoms with E-state index < -0.39 is 12.0 Å². The Labute approximate surface area is 116 Å². The molecule has 0 aromatic rings. The molecule has 2 N–H and O–H groups in total. The molecular weight excluding hydrogens is 246 g/mol. The average molecular weight is 273 g/mol. The van der Waals surface area contributed by atoms with Gasteiger partial charge in [0.2, 0.25) is 0 Å². The van der Waals surface area contributed by atoms with Crippen molar-refractivity contribution in [1.82, 2.24) is 5.32 Å². The zero-order valence-electron chi connectivity index (χ0n) is 10.2. The van der Waals surface area contributed by atoms with Crippen molar-refractivity contribution in [2.24, 2.45) is 0 Å². The van der Waals surface area contributed by atoms with Gasteiger partial charge in [0.15, 0.2) is 11.6 Å². The van der Waals surface area contributed by atoms with E-state index in [0.717, 1.165) is 0 Å². The van der Waals surface area contributed by atoms with Crippen LogP contribution in [0.15, 0.2) is 12.2 Å². The Morgan fingerprint density at radius 2 is 1.74 bits per heavy atom. The van der Waals surface area contributed by atoms with E-state index in [0.29, 0.717) is 25.7 Å². The molecular formula is C14H27NO4. The zero-order chi connectivity index (χ0) is 13.3. The van der Waals surface area contributed by atoms with Crippen molar-refractivity contribution < 1.29 is 19.5 Å². The van der Waals surface area contributed by atoms with E-state index in [1.165, 1.54) is 19.1 Å². The lowest BCUT2D eigenvalue weighted by Crippen LogP contribution is -2.33. The van der Waals surface area contributed by atoms with E-state index >= 15 is 0 Å². The summed E-state index contributed by atoms with van der Waals surface area (Å²) in [7, 11) is 1.60. The maximum Gasteiger partial charge on any atom is 0.320 e. The second kappa shape index (κ2) is 13.0. The quantitative estimate of drug-likeness (QED) is 0.497. The predicted molar refractivity (Wildman–Crippen MR) is 77.2 cm³/mol. The second-order valence-corrected chi connectivity index (χ2v) is 3.84. The Morgan fingerprint density at radius 3 is 2.16 bits per heavy atom. The Bertz CT molecular complexity index is 311. The van der Waals surface area contributed by atoms with Gasteiger partial charge in [-0.25, -0.2) is 0 Å². The Kier molecular flexibility index (Phi) is 15.5. The number of ketones is 2. The molecule has 1 atom stereocenters. The van der Waals surface area contributed by atoms with Gasteiger partial charge < -0.3 is 10.4 Å². The minimum absolute atomic E-state index is 0. The van der Waals surface area contributed by atoms with E-state index in [4.69, 9.17) is 5.11 Å². The normalized spacial score (nSPS) is 11.3. The number of allylic oxidation sites excluding steroid dienone is 2. The summed E-state index contributed by atoms with van der Waals surface area (Å²) in [4.78, 5) is 32.5. The fraction of sp³-hybridized carbons (Fsp3) is 0.643. The average Bonchev–Trinajstić information content (AvgIpc) is 2.25. The molecule has 0 fully saturated rings.